The summed E-state index contributed by atoms with van der Waals surface area (Å²) in [7, 11) is 1.65. The Kier molecular flexibility index (Phi) is 5.31. The molecule has 1 aliphatic rings. The number of carbonyl (C=O) groups is 1. The summed E-state index contributed by atoms with van der Waals surface area (Å²) < 4.78 is 44.4. The van der Waals surface area contributed by atoms with Crippen molar-refractivity contribution in [2.45, 2.75) is 31.9 Å². The predicted octanol–water partition coefficient (Wildman–Crippen LogP) is 6.13. The average molecular weight is 474 g/mol. The predicted molar refractivity (Wildman–Crippen MR) is 122 cm³/mol. The van der Waals surface area contributed by atoms with Crippen molar-refractivity contribution in [3.8, 4) is 5.75 Å². The van der Waals surface area contributed by atoms with Crippen molar-refractivity contribution in [1.29, 1.82) is 0 Å². The summed E-state index contributed by atoms with van der Waals surface area (Å²) in [6.07, 6.45) is -0.844. The number of piperidine rings is 1. The average Bonchev–Trinajstić information content (AvgIpc) is 3.38. The molecule has 1 saturated heterocycles. The van der Waals surface area contributed by atoms with Crippen LogP contribution in [0, 0.1) is 6.92 Å². The van der Waals surface area contributed by atoms with E-state index < -0.39 is 11.9 Å². The van der Waals surface area contributed by atoms with Crippen LogP contribution in [0.5, 0.6) is 5.75 Å². The third-order valence-corrected chi connectivity index (χ3v) is 7.62. The molecule has 172 valence electrons. The van der Waals surface area contributed by atoms with Gasteiger partial charge in [-0.3, -0.25) is 4.79 Å². The highest BCUT2D eigenvalue weighted by molar-refractivity contribution is 7.20. The molecule has 0 bridgehead atoms. The first-order valence-corrected chi connectivity index (χ1v) is 11.5. The second kappa shape index (κ2) is 8.06. The summed E-state index contributed by atoms with van der Waals surface area (Å²) in [6.45, 7) is 2.96. The highest BCUT2D eigenvalue weighted by atomic mass is 32.1. The monoisotopic (exact) mass is 473 g/mol. The number of benzene rings is 1. The first-order chi connectivity index (χ1) is 15.8. The molecule has 4 heterocycles. The number of amides is 1. The number of likely N-dealkylation sites (tertiary alicyclic amines) is 1. The Morgan fingerprint density at radius 2 is 1.94 bits per heavy atom. The Balaban J connectivity index is 1.35. The van der Waals surface area contributed by atoms with Crippen LogP contribution < -0.4 is 4.74 Å². The fraction of sp³-hybridized carbons (Fsp3) is 0.333. The minimum absolute atomic E-state index is 0.136. The molecule has 0 saturated carbocycles. The van der Waals surface area contributed by atoms with E-state index in [-0.39, 0.29) is 10.7 Å². The van der Waals surface area contributed by atoms with Gasteiger partial charge < -0.3 is 14.6 Å². The van der Waals surface area contributed by atoms with Crippen molar-refractivity contribution in [1.82, 2.24) is 14.9 Å². The molecule has 1 fully saturated rings. The molecule has 0 aliphatic carbocycles. The van der Waals surface area contributed by atoms with Crippen LogP contribution in [-0.4, -0.2) is 41.0 Å². The van der Waals surface area contributed by atoms with Gasteiger partial charge >= 0.3 is 6.18 Å². The van der Waals surface area contributed by atoms with Crippen molar-refractivity contribution in [2.24, 2.45) is 0 Å². The maximum Gasteiger partial charge on any atom is 0.433 e. The van der Waals surface area contributed by atoms with E-state index in [1.54, 1.807) is 18.9 Å². The first-order valence-electron chi connectivity index (χ1n) is 10.7. The number of rotatable bonds is 3. The molecule has 0 atom stereocenters. The molecule has 9 heteroatoms. The highest BCUT2D eigenvalue weighted by Crippen LogP contribution is 2.37. The Morgan fingerprint density at radius 1 is 1.18 bits per heavy atom. The molecule has 0 radical (unpaired) electrons. The fourth-order valence-electron chi connectivity index (χ4n) is 4.58. The van der Waals surface area contributed by atoms with Crippen LogP contribution in [0.2, 0.25) is 0 Å². The van der Waals surface area contributed by atoms with Gasteiger partial charge in [0.1, 0.15) is 16.3 Å². The summed E-state index contributed by atoms with van der Waals surface area (Å²) in [5.41, 5.74) is 2.02. The van der Waals surface area contributed by atoms with Gasteiger partial charge in [0.05, 0.1) is 12.0 Å². The molecule has 1 N–H and O–H groups in total. The number of H-pyrrole nitrogens is 1. The second-order valence-electron chi connectivity index (χ2n) is 8.33. The number of aromatic amines is 1. The maximum atomic E-state index is 13.2. The quantitative estimate of drug-likeness (QED) is 0.389. The van der Waals surface area contributed by atoms with Gasteiger partial charge in [0.15, 0.2) is 0 Å². The van der Waals surface area contributed by atoms with Crippen LogP contribution in [0.15, 0.2) is 36.5 Å². The van der Waals surface area contributed by atoms with Crippen molar-refractivity contribution in [2.75, 3.05) is 20.2 Å². The Morgan fingerprint density at radius 3 is 2.64 bits per heavy atom. The highest BCUT2D eigenvalue weighted by Gasteiger charge is 2.34. The third kappa shape index (κ3) is 3.84. The van der Waals surface area contributed by atoms with E-state index in [1.165, 1.54) is 11.6 Å². The standard InChI is InChI=1S/C24H22F3N3O2S/c1-13-16-4-6-20(24(25,26)27)29-22(16)33-21(13)23(31)30-9-7-14(8-10-30)18-12-28-19-5-3-15(32-2)11-17(18)19/h3-6,11-12,14,28H,7-10H2,1-2H3. The number of ether oxygens (including phenoxy) is 1. The molecular weight excluding hydrogens is 451 g/mol. The smallest absolute Gasteiger partial charge is 0.433 e. The van der Waals surface area contributed by atoms with Gasteiger partial charge in [0.25, 0.3) is 5.91 Å². The van der Waals surface area contributed by atoms with Gasteiger partial charge in [0, 0.05) is 35.6 Å². The van der Waals surface area contributed by atoms with Crippen LogP contribution in [0.1, 0.15) is 45.3 Å². The molecule has 4 aromatic rings. The first kappa shape index (κ1) is 21.8. The van der Waals surface area contributed by atoms with Gasteiger partial charge in [-0.15, -0.1) is 11.3 Å². The molecule has 5 rings (SSSR count). The van der Waals surface area contributed by atoms with Crippen LogP contribution >= 0.6 is 11.3 Å². The minimum atomic E-state index is -4.51. The zero-order chi connectivity index (χ0) is 23.3. The van der Waals surface area contributed by atoms with E-state index in [1.807, 2.05) is 24.4 Å². The van der Waals surface area contributed by atoms with Crippen LogP contribution in [-0.2, 0) is 6.18 Å². The minimum Gasteiger partial charge on any atom is -0.497 e. The molecular formula is C24H22F3N3O2S. The lowest BCUT2D eigenvalue weighted by Crippen LogP contribution is -2.37. The largest absolute Gasteiger partial charge is 0.497 e. The SMILES string of the molecule is COc1ccc2[nH]cc(C3CCN(C(=O)c4sc5nc(C(F)(F)F)ccc5c4C)CC3)c2c1. The number of carbonyl (C=O) groups excluding carboxylic acids is 1. The lowest BCUT2D eigenvalue weighted by Gasteiger charge is -2.32. The third-order valence-electron chi connectivity index (χ3n) is 6.43. The van der Waals surface area contributed by atoms with Gasteiger partial charge in [-0.05, 0) is 67.1 Å². The number of thiophene rings is 1. The number of alkyl halides is 3. The Labute approximate surface area is 192 Å². The number of methoxy groups -OCH3 is 1. The van der Waals surface area contributed by atoms with Crippen molar-refractivity contribution in [3.63, 3.8) is 0 Å². The zero-order valence-corrected chi connectivity index (χ0v) is 18.9. The lowest BCUT2D eigenvalue weighted by molar-refractivity contribution is -0.140. The topological polar surface area (TPSA) is 58.2 Å². The zero-order valence-electron chi connectivity index (χ0n) is 18.1. The molecule has 0 unspecified atom stereocenters. The normalized spacial score (nSPS) is 15.5. The van der Waals surface area contributed by atoms with E-state index >= 15 is 0 Å². The number of halogens is 3. The molecule has 1 amide bonds. The van der Waals surface area contributed by atoms with Gasteiger partial charge in [-0.1, -0.05) is 0 Å². The van der Waals surface area contributed by atoms with Crippen molar-refractivity contribution in [3.05, 3.63) is 58.2 Å². The van der Waals surface area contributed by atoms with Gasteiger partial charge in [0.2, 0.25) is 0 Å². The van der Waals surface area contributed by atoms with Gasteiger partial charge in [-0.25, -0.2) is 4.98 Å². The number of nitrogens with one attached hydrogen (secondary N) is 1. The number of hydrogen-bond donors (Lipinski definition) is 1. The van der Waals surface area contributed by atoms with E-state index in [4.69, 9.17) is 4.74 Å². The molecule has 3 aromatic heterocycles. The second-order valence-corrected chi connectivity index (χ2v) is 9.32. The van der Waals surface area contributed by atoms with Crippen molar-refractivity contribution >= 4 is 38.4 Å². The van der Waals surface area contributed by atoms with E-state index in [2.05, 4.69) is 9.97 Å². The fourth-order valence-corrected chi connectivity index (χ4v) is 5.73. The Hall–Kier alpha value is -3.07. The summed E-state index contributed by atoms with van der Waals surface area (Å²) in [4.78, 5) is 22.8. The van der Waals surface area contributed by atoms with Crippen LogP contribution in [0.4, 0.5) is 13.2 Å². The Bertz CT molecular complexity index is 1350. The van der Waals surface area contributed by atoms with E-state index in [0.29, 0.717) is 34.8 Å². The molecule has 1 aliphatic heterocycles. The molecule has 0 spiro atoms. The number of hydrogen-bond acceptors (Lipinski definition) is 4. The number of fused-ring (bicyclic) bond motifs is 2. The molecule has 1 aromatic carbocycles. The maximum absolute atomic E-state index is 13.2. The summed E-state index contributed by atoms with van der Waals surface area (Å²) in [5, 5.41) is 1.73. The number of nitrogens with zero attached hydrogens (tertiary/aromatic N) is 2. The lowest BCUT2D eigenvalue weighted by atomic mass is 9.89. The van der Waals surface area contributed by atoms with E-state index in [9.17, 15) is 18.0 Å². The van der Waals surface area contributed by atoms with Crippen LogP contribution in [0.3, 0.4) is 0 Å². The number of aromatic nitrogens is 2. The van der Waals surface area contributed by atoms with Crippen LogP contribution in [0.25, 0.3) is 21.1 Å². The number of aryl methyl sites for hydroxylation is 1. The summed E-state index contributed by atoms with van der Waals surface area (Å²) >= 11 is 1.04. The number of pyridine rings is 1. The van der Waals surface area contributed by atoms with Gasteiger partial charge in [-0.2, -0.15) is 13.2 Å². The summed E-state index contributed by atoms with van der Waals surface area (Å²) in [6, 6.07) is 8.33. The van der Waals surface area contributed by atoms with E-state index in [0.717, 1.165) is 46.9 Å². The molecule has 5 nitrogen and oxygen atoms in total. The van der Waals surface area contributed by atoms with Crippen molar-refractivity contribution < 1.29 is 22.7 Å². The summed E-state index contributed by atoms with van der Waals surface area (Å²) in [5.74, 6) is 0.982. The molecule has 33 heavy (non-hydrogen) atoms.